The molecule has 0 unspecified atom stereocenters. The molecule has 3 aromatic rings. The highest BCUT2D eigenvalue weighted by atomic mass is 35.5. The van der Waals surface area contributed by atoms with Crippen molar-refractivity contribution in [1.29, 1.82) is 0 Å². The van der Waals surface area contributed by atoms with Crippen LogP contribution >= 0.6 is 11.6 Å². The standard InChI is InChI=1S/C20H22ClN5O/c1-13(2)18(12-27)25-20-24-17(14-6-5-9-22-11-14)10-19(26-20)23-16-8-4-3-7-15(16)21/h3-11,13,18,27H,12H2,1-2H3,(H2,23,24,25,26)/t18-/m1/s1. The first-order valence-corrected chi connectivity index (χ1v) is 9.13. The van der Waals surface area contributed by atoms with Gasteiger partial charge in [0.25, 0.3) is 0 Å². The second-order valence-corrected chi connectivity index (χ2v) is 6.89. The van der Waals surface area contributed by atoms with E-state index in [1.165, 1.54) is 0 Å². The quantitative estimate of drug-likeness (QED) is 0.562. The summed E-state index contributed by atoms with van der Waals surface area (Å²) in [6, 6.07) is 12.9. The molecule has 0 fully saturated rings. The van der Waals surface area contributed by atoms with Crippen LogP contribution in [0.5, 0.6) is 0 Å². The Kier molecular flexibility index (Phi) is 6.21. The van der Waals surface area contributed by atoms with Crippen molar-refractivity contribution < 1.29 is 5.11 Å². The predicted octanol–water partition coefficient (Wildman–Crippen LogP) is 4.36. The molecule has 6 nitrogen and oxygen atoms in total. The number of benzene rings is 1. The molecule has 0 bridgehead atoms. The van der Waals surface area contributed by atoms with Crippen molar-refractivity contribution in [3.63, 3.8) is 0 Å². The molecule has 0 saturated heterocycles. The van der Waals surface area contributed by atoms with Gasteiger partial charge < -0.3 is 15.7 Å². The first-order valence-electron chi connectivity index (χ1n) is 8.75. The van der Waals surface area contributed by atoms with Crippen LogP contribution in [0.1, 0.15) is 13.8 Å². The third-order valence-corrected chi connectivity index (χ3v) is 4.47. The van der Waals surface area contributed by atoms with Gasteiger partial charge in [0.2, 0.25) is 5.95 Å². The number of pyridine rings is 1. The van der Waals surface area contributed by atoms with Crippen molar-refractivity contribution in [2.24, 2.45) is 5.92 Å². The van der Waals surface area contributed by atoms with Gasteiger partial charge in [0.15, 0.2) is 0 Å². The van der Waals surface area contributed by atoms with Crippen LogP contribution in [0, 0.1) is 5.92 Å². The molecule has 0 amide bonds. The predicted molar refractivity (Wildman–Crippen MR) is 109 cm³/mol. The smallest absolute Gasteiger partial charge is 0.225 e. The maximum absolute atomic E-state index is 9.62. The van der Waals surface area contributed by atoms with Crippen LogP contribution in [0.25, 0.3) is 11.3 Å². The van der Waals surface area contributed by atoms with Gasteiger partial charge in [-0.2, -0.15) is 4.98 Å². The molecule has 1 atom stereocenters. The third-order valence-electron chi connectivity index (χ3n) is 4.14. The number of halogens is 1. The van der Waals surface area contributed by atoms with Gasteiger partial charge >= 0.3 is 0 Å². The number of anilines is 3. The molecule has 0 aliphatic carbocycles. The fraction of sp³-hybridized carbons (Fsp3) is 0.250. The summed E-state index contributed by atoms with van der Waals surface area (Å²) in [5.41, 5.74) is 2.34. The minimum absolute atomic E-state index is 0.00851. The number of para-hydroxylation sites is 1. The largest absolute Gasteiger partial charge is 0.394 e. The molecule has 0 spiro atoms. The topological polar surface area (TPSA) is 83.0 Å². The molecule has 2 aromatic heterocycles. The van der Waals surface area contributed by atoms with Crippen molar-refractivity contribution in [3.05, 3.63) is 59.9 Å². The first-order chi connectivity index (χ1) is 13.1. The Morgan fingerprint density at radius 3 is 2.59 bits per heavy atom. The summed E-state index contributed by atoms with van der Waals surface area (Å²) in [5, 5.41) is 16.7. The lowest BCUT2D eigenvalue weighted by Crippen LogP contribution is -2.30. The van der Waals surface area contributed by atoms with Crippen molar-refractivity contribution in [1.82, 2.24) is 15.0 Å². The molecule has 0 aliphatic heterocycles. The van der Waals surface area contributed by atoms with E-state index >= 15 is 0 Å². The zero-order valence-electron chi connectivity index (χ0n) is 15.2. The number of nitrogens with one attached hydrogen (secondary N) is 2. The highest BCUT2D eigenvalue weighted by Crippen LogP contribution is 2.27. The van der Waals surface area contributed by atoms with E-state index in [-0.39, 0.29) is 18.6 Å². The SMILES string of the molecule is CC(C)[C@@H](CO)Nc1nc(Nc2ccccc2Cl)cc(-c2cccnc2)n1. The van der Waals surface area contributed by atoms with Crippen LogP contribution in [0.3, 0.4) is 0 Å². The van der Waals surface area contributed by atoms with Gasteiger partial charge in [-0.1, -0.05) is 37.6 Å². The normalized spacial score (nSPS) is 12.0. The lowest BCUT2D eigenvalue weighted by atomic mass is 10.1. The number of nitrogens with zero attached hydrogens (tertiary/aromatic N) is 3. The molecule has 0 saturated carbocycles. The number of hydrogen-bond acceptors (Lipinski definition) is 6. The average Bonchev–Trinajstić information content (AvgIpc) is 2.68. The molecule has 0 aliphatic rings. The monoisotopic (exact) mass is 383 g/mol. The van der Waals surface area contributed by atoms with Gasteiger partial charge in [0.1, 0.15) is 5.82 Å². The zero-order chi connectivity index (χ0) is 19.2. The van der Waals surface area contributed by atoms with Crippen molar-refractivity contribution >= 4 is 29.1 Å². The fourth-order valence-electron chi connectivity index (χ4n) is 2.53. The summed E-state index contributed by atoms with van der Waals surface area (Å²) in [4.78, 5) is 13.3. The molecule has 1 aromatic carbocycles. The van der Waals surface area contributed by atoms with Crippen LogP contribution in [0.15, 0.2) is 54.9 Å². The first kappa shape index (κ1) is 19.1. The van der Waals surface area contributed by atoms with Gasteiger partial charge in [0, 0.05) is 24.0 Å². The third kappa shape index (κ3) is 4.93. The Morgan fingerprint density at radius 1 is 1.11 bits per heavy atom. The lowest BCUT2D eigenvalue weighted by molar-refractivity contribution is 0.248. The minimum atomic E-state index is -0.151. The molecular formula is C20H22ClN5O. The van der Waals surface area contributed by atoms with Crippen LogP contribution in [-0.4, -0.2) is 32.7 Å². The van der Waals surface area contributed by atoms with Crippen LogP contribution in [-0.2, 0) is 0 Å². The summed E-state index contributed by atoms with van der Waals surface area (Å²) in [7, 11) is 0. The van der Waals surface area contributed by atoms with Gasteiger partial charge in [0.05, 0.1) is 29.1 Å². The molecule has 3 rings (SSSR count). The molecule has 27 heavy (non-hydrogen) atoms. The highest BCUT2D eigenvalue weighted by Gasteiger charge is 2.15. The Bertz CT molecular complexity index is 889. The molecular weight excluding hydrogens is 362 g/mol. The van der Waals surface area contributed by atoms with E-state index in [1.54, 1.807) is 12.4 Å². The maximum atomic E-state index is 9.62. The molecule has 0 radical (unpaired) electrons. The number of aliphatic hydroxyl groups is 1. The Hall–Kier alpha value is -2.70. The Morgan fingerprint density at radius 2 is 1.93 bits per heavy atom. The average molecular weight is 384 g/mol. The fourth-order valence-corrected chi connectivity index (χ4v) is 2.71. The van der Waals surface area contributed by atoms with E-state index in [4.69, 9.17) is 11.6 Å². The van der Waals surface area contributed by atoms with E-state index in [2.05, 4.69) is 25.6 Å². The van der Waals surface area contributed by atoms with Gasteiger partial charge in [-0.15, -0.1) is 0 Å². The number of aromatic nitrogens is 3. The maximum Gasteiger partial charge on any atom is 0.225 e. The van der Waals surface area contributed by atoms with Crippen molar-refractivity contribution in [2.45, 2.75) is 19.9 Å². The van der Waals surface area contributed by atoms with Crippen LogP contribution in [0.4, 0.5) is 17.5 Å². The molecule has 140 valence electrons. The highest BCUT2D eigenvalue weighted by molar-refractivity contribution is 6.33. The summed E-state index contributed by atoms with van der Waals surface area (Å²) in [6.07, 6.45) is 3.46. The summed E-state index contributed by atoms with van der Waals surface area (Å²) >= 11 is 6.25. The number of hydrogen-bond donors (Lipinski definition) is 3. The molecule has 7 heteroatoms. The lowest BCUT2D eigenvalue weighted by Gasteiger charge is -2.20. The molecule has 3 N–H and O–H groups in total. The van der Waals surface area contributed by atoms with Crippen molar-refractivity contribution in [3.8, 4) is 11.3 Å². The summed E-state index contributed by atoms with van der Waals surface area (Å²) < 4.78 is 0. The van der Waals surface area contributed by atoms with Gasteiger partial charge in [-0.25, -0.2) is 4.98 Å². The van der Waals surface area contributed by atoms with E-state index in [1.807, 2.05) is 56.3 Å². The second kappa shape index (κ2) is 8.79. The van der Waals surface area contributed by atoms with Crippen LogP contribution < -0.4 is 10.6 Å². The van der Waals surface area contributed by atoms with E-state index in [0.29, 0.717) is 16.8 Å². The number of rotatable bonds is 7. The summed E-state index contributed by atoms with van der Waals surface area (Å²) in [6.45, 7) is 4.05. The van der Waals surface area contributed by atoms with Crippen LogP contribution in [0.2, 0.25) is 5.02 Å². The van der Waals surface area contributed by atoms with Gasteiger partial charge in [-0.05, 0) is 30.2 Å². The number of aliphatic hydroxyl groups excluding tert-OH is 1. The minimum Gasteiger partial charge on any atom is -0.394 e. The van der Waals surface area contributed by atoms with E-state index in [0.717, 1.165) is 16.9 Å². The second-order valence-electron chi connectivity index (χ2n) is 6.49. The summed E-state index contributed by atoms with van der Waals surface area (Å²) in [5.74, 6) is 1.25. The van der Waals surface area contributed by atoms with E-state index < -0.39 is 0 Å². The van der Waals surface area contributed by atoms with E-state index in [9.17, 15) is 5.11 Å². The molecule has 2 heterocycles. The zero-order valence-corrected chi connectivity index (χ0v) is 16.0. The Balaban J connectivity index is 1.99. The van der Waals surface area contributed by atoms with Gasteiger partial charge in [-0.3, -0.25) is 4.98 Å². The van der Waals surface area contributed by atoms with Crippen molar-refractivity contribution in [2.75, 3.05) is 17.2 Å². The Labute approximate surface area is 163 Å².